The molecule has 0 aromatic heterocycles. The van der Waals surface area contributed by atoms with Crippen LogP contribution >= 0.6 is 0 Å². The zero-order valence-corrected chi connectivity index (χ0v) is 10.5. The largest absolute Gasteiger partial charge is 0.386 e. The van der Waals surface area contributed by atoms with Gasteiger partial charge in [0.1, 0.15) is 18.0 Å². The van der Waals surface area contributed by atoms with Gasteiger partial charge in [0.25, 0.3) is 0 Å². The Morgan fingerprint density at radius 1 is 1.61 bits per heavy atom. The maximum atomic E-state index is 10.7. The lowest BCUT2D eigenvalue weighted by Gasteiger charge is -2.40. The van der Waals surface area contributed by atoms with Gasteiger partial charge in [-0.1, -0.05) is 6.08 Å². The molecule has 1 fully saturated rings. The zero-order chi connectivity index (χ0) is 13.0. The summed E-state index contributed by atoms with van der Waals surface area (Å²) in [6.45, 7) is 3.66. The molecular weight excluding hydrogens is 234 g/mol. The monoisotopic (exact) mass is 253 g/mol. The van der Waals surface area contributed by atoms with E-state index in [1.54, 1.807) is 19.3 Å². The van der Waals surface area contributed by atoms with E-state index in [4.69, 9.17) is 9.47 Å². The van der Waals surface area contributed by atoms with E-state index >= 15 is 0 Å². The van der Waals surface area contributed by atoms with Crippen LogP contribution in [0.3, 0.4) is 0 Å². The number of aliphatic hydroxyl groups excluding tert-OH is 1. The van der Waals surface area contributed by atoms with Crippen LogP contribution in [-0.2, 0) is 14.3 Å². The molecule has 1 saturated heterocycles. The Labute approximate surface area is 107 Å². The fourth-order valence-corrected chi connectivity index (χ4v) is 2.30. The highest BCUT2D eigenvalue weighted by Crippen LogP contribution is 2.26. The summed E-state index contributed by atoms with van der Waals surface area (Å²) < 4.78 is 10.8. The number of carbonyl (C=O) groups is 1. The van der Waals surface area contributed by atoms with E-state index in [0.29, 0.717) is 25.3 Å². The second-order valence-electron chi connectivity index (χ2n) is 4.61. The molecule has 5 nitrogen and oxygen atoms in total. The number of hydrogen-bond donors (Lipinski definition) is 1. The summed E-state index contributed by atoms with van der Waals surface area (Å²) in [6.07, 6.45) is 4.93. The first-order chi connectivity index (χ1) is 8.70. The molecule has 100 valence electrons. The summed E-state index contributed by atoms with van der Waals surface area (Å²) in [7, 11) is 1.58. The lowest BCUT2D eigenvalue weighted by molar-refractivity contribution is -0.105. The summed E-state index contributed by atoms with van der Waals surface area (Å²) in [6, 6.07) is 0. The molecule has 2 unspecified atom stereocenters. The predicted molar refractivity (Wildman–Crippen MR) is 66.3 cm³/mol. The standard InChI is InChI=1S/C13H19NO4/c1-17-13(10-14-4-6-18-7-5-14)3-2-11(9-15)8-12(13)16/h2-3,8-9,12,16H,4-7,10H2,1H3. The van der Waals surface area contributed by atoms with Crippen molar-refractivity contribution in [2.24, 2.45) is 0 Å². The zero-order valence-electron chi connectivity index (χ0n) is 10.5. The third-order valence-electron chi connectivity index (χ3n) is 3.50. The molecule has 2 atom stereocenters. The van der Waals surface area contributed by atoms with Gasteiger partial charge in [0.15, 0.2) is 0 Å². The highest BCUT2D eigenvalue weighted by Gasteiger charge is 2.38. The summed E-state index contributed by atoms with van der Waals surface area (Å²) in [5.74, 6) is 0. The normalized spacial score (nSPS) is 33.2. The molecule has 0 spiro atoms. The Bertz CT molecular complexity index is 360. The van der Waals surface area contributed by atoms with E-state index in [0.717, 1.165) is 19.4 Å². The van der Waals surface area contributed by atoms with E-state index < -0.39 is 11.7 Å². The molecule has 0 saturated carbocycles. The van der Waals surface area contributed by atoms with Crippen LogP contribution < -0.4 is 0 Å². The van der Waals surface area contributed by atoms with Gasteiger partial charge in [-0.05, 0) is 12.2 Å². The van der Waals surface area contributed by atoms with Crippen LogP contribution in [0, 0.1) is 0 Å². The lowest BCUT2D eigenvalue weighted by atomic mass is 9.88. The number of ether oxygens (including phenoxy) is 2. The van der Waals surface area contributed by atoms with Crippen molar-refractivity contribution in [2.45, 2.75) is 11.7 Å². The number of allylic oxidation sites excluding steroid dienone is 2. The fourth-order valence-electron chi connectivity index (χ4n) is 2.30. The van der Waals surface area contributed by atoms with Crippen molar-refractivity contribution in [1.82, 2.24) is 4.90 Å². The molecule has 2 rings (SSSR count). The number of morpholine rings is 1. The van der Waals surface area contributed by atoms with Crippen LogP contribution in [-0.4, -0.2) is 68.0 Å². The van der Waals surface area contributed by atoms with Gasteiger partial charge in [0.05, 0.1) is 13.2 Å². The number of nitrogens with zero attached hydrogens (tertiary/aromatic N) is 1. The van der Waals surface area contributed by atoms with Crippen LogP contribution in [0.25, 0.3) is 0 Å². The SMILES string of the molecule is COC1(CN2CCOCC2)C=CC(C=O)=CC1O. The minimum Gasteiger partial charge on any atom is -0.386 e. The first-order valence-electron chi connectivity index (χ1n) is 6.10. The van der Waals surface area contributed by atoms with Crippen molar-refractivity contribution in [3.8, 4) is 0 Å². The van der Waals surface area contributed by atoms with Crippen LogP contribution in [0.1, 0.15) is 0 Å². The fraction of sp³-hybridized carbons (Fsp3) is 0.615. The minimum absolute atomic E-state index is 0.483. The smallest absolute Gasteiger partial charge is 0.149 e. The van der Waals surface area contributed by atoms with Crippen molar-refractivity contribution < 1.29 is 19.4 Å². The van der Waals surface area contributed by atoms with E-state index in [2.05, 4.69) is 4.90 Å². The number of aldehydes is 1. The molecule has 0 radical (unpaired) electrons. The van der Waals surface area contributed by atoms with E-state index in [-0.39, 0.29) is 0 Å². The number of hydrogen-bond acceptors (Lipinski definition) is 5. The van der Waals surface area contributed by atoms with Gasteiger partial charge in [0, 0.05) is 32.3 Å². The van der Waals surface area contributed by atoms with Crippen molar-refractivity contribution in [3.63, 3.8) is 0 Å². The van der Waals surface area contributed by atoms with Gasteiger partial charge in [-0.2, -0.15) is 0 Å². The van der Waals surface area contributed by atoms with E-state index in [1.165, 1.54) is 6.08 Å². The molecule has 0 aromatic carbocycles. The second-order valence-corrected chi connectivity index (χ2v) is 4.61. The third-order valence-corrected chi connectivity index (χ3v) is 3.50. The van der Waals surface area contributed by atoms with Crippen LogP contribution in [0.4, 0.5) is 0 Å². The summed E-state index contributed by atoms with van der Waals surface area (Å²) in [5, 5.41) is 10.2. The first kappa shape index (κ1) is 13.4. The maximum absolute atomic E-state index is 10.7. The molecule has 0 aromatic rings. The Morgan fingerprint density at radius 2 is 2.33 bits per heavy atom. The summed E-state index contributed by atoms with van der Waals surface area (Å²) in [5.41, 5.74) is -0.290. The number of rotatable bonds is 4. The maximum Gasteiger partial charge on any atom is 0.149 e. The van der Waals surface area contributed by atoms with Crippen molar-refractivity contribution in [2.75, 3.05) is 40.0 Å². The Morgan fingerprint density at radius 3 is 2.89 bits per heavy atom. The van der Waals surface area contributed by atoms with Gasteiger partial charge < -0.3 is 14.6 Å². The van der Waals surface area contributed by atoms with E-state index in [1.807, 2.05) is 0 Å². The van der Waals surface area contributed by atoms with Gasteiger partial charge in [-0.25, -0.2) is 0 Å². The van der Waals surface area contributed by atoms with Crippen LogP contribution in [0.15, 0.2) is 23.8 Å². The quantitative estimate of drug-likeness (QED) is 0.701. The second kappa shape index (κ2) is 5.75. The predicted octanol–water partition coefficient (Wildman–Crippen LogP) is -0.240. The minimum atomic E-state index is -0.810. The molecule has 5 heteroatoms. The van der Waals surface area contributed by atoms with Crippen LogP contribution in [0.2, 0.25) is 0 Å². The van der Waals surface area contributed by atoms with Crippen LogP contribution in [0.5, 0.6) is 0 Å². The third kappa shape index (κ3) is 2.70. The van der Waals surface area contributed by atoms with E-state index in [9.17, 15) is 9.90 Å². The number of carbonyl (C=O) groups excluding carboxylic acids is 1. The number of methoxy groups -OCH3 is 1. The average Bonchev–Trinajstić information content (AvgIpc) is 2.42. The van der Waals surface area contributed by atoms with Crippen molar-refractivity contribution in [1.29, 1.82) is 0 Å². The highest BCUT2D eigenvalue weighted by atomic mass is 16.5. The highest BCUT2D eigenvalue weighted by molar-refractivity contribution is 5.78. The first-order valence-corrected chi connectivity index (χ1v) is 6.10. The molecule has 0 amide bonds. The molecule has 1 N–H and O–H groups in total. The van der Waals surface area contributed by atoms with Gasteiger partial charge in [-0.3, -0.25) is 9.69 Å². The molecule has 1 aliphatic carbocycles. The van der Waals surface area contributed by atoms with Gasteiger partial charge in [-0.15, -0.1) is 0 Å². The Balaban J connectivity index is 2.09. The van der Waals surface area contributed by atoms with Gasteiger partial charge in [0.2, 0.25) is 0 Å². The average molecular weight is 253 g/mol. The molecule has 0 bridgehead atoms. The van der Waals surface area contributed by atoms with Crippen molar-refractivity contribution >= 4 is 6.29 Å². The Kier molecular flexibility index (Phi) is 4.29. The van der Waals surface area contributed by atoms with Gasteiger partial charge >= 0.3 is 0 Å². The topological polar surface area (TPSA) is 59.0 Å². The molecule has 18 heavy (non-hydrogen) atoms. The molecule has 1 heterocycles. The summed E-state index contributed by atoms with van der Waals surface area (Å²) in [4.78, 5) is 12.9. The number of aliphatic hydroxyl groups is 1. The molecular formula is C13H19NO4. The van der Waals surface area contributed by atoms with Crippen molar-refractivity contribution in [3.05, 3.63) is 23.8 Å². The molecule has 1 aliphatic heterocycles. The molecule has 2 aliphatic rings. The summed E-state index contributed by atoms with van der Waals surface area (Å²) >= 11 is 0. The lowest BCUT2D eigenvalue weighted by Crippen LogP contribution is -2.54. The Hall–Kier alpha value is -1.01.